The number of halogens is 2. The first-order chi connectivity index (χ1) is 5.62. The third kappa shape index (κ3) is 13.2. The van der Waals surface area contributed by atoms with Crippen molar-refractivity contribution in [3.05, 3.63) is 0 Å². The fraction of sp³-hybridized carbons (Fsp3) is 0.857. The van der Waals surface area contributed by atoms with Gasteiger partial charge in [0.25, 0.3) is 0 Å². The topological polar surface area (TPSA) is 35.5 Å². The maximum absolute atomic E-state index is 10.1. The molecule has 0 heterocycles. The van der Waals surface area contributed by atoms with Crippen LogP contribution in [-0.2, 0) is 14.3 Å². The Morgan fingerprint density at radius 2 is 1.58 bits per heavy atom. The van der Waals surface area contributed by atoms with Crippen molar-refractivity contribution in [3.8, 4) is 0 Å². The molecule has 0 fully saturated rings. The van der Waals surface area contributed by atoms with Crippen LogP contribution in [0.25, 0.3) is 0 Å². The molecule has 3 nitrogen and oxygen atoms in total. The van der Waals surface area contributed by atoms with E-state index in [1.54, 1.807) is 14.2 Å². The van der Waals surface area contributed by atoms with Gasteiger partial charge in [-0.15, -0.1) is 0 Å². The van der Waals surface area contributed by atoms with Gasteiger partial charge in [0.05, 0.1) is 10.7 Å². The molecule has 0 bridgehead atoms. The van der Waals surface area contributed by atoms with Gasteiger partial charge in [-0.2, -0.15) is 0 Å². The van der Waals surface area contributed by atoms with Gasteiger partial charge in [0.15, 0.2) is 12.1 Å². The van der Waals surface area contributed by atoms with Crippen molar-refractivity contribution in [2.24, 2.45) is 0 Å². The van der Waals surface area contributed by atoms with Crippen LogP contribution in [0.2, 0.25) is 0 Å². The van der Waals surface area contributed by atoms with Crippen molar-refractivity contribution < 1.29 is 14.3 Å². The van der Waals surface area contributed by atoms with Crippen molar-refractivity contribution in [1.29, 1.82) is 0 Å². The molecule has 0 amide bonds. The highest BCUT2D eigenvalue weighted by Gasteiger charge is 1.90. The second kappa shape index (κ2) is 11.6. The molecular weight excluding hydrogens is 292 g/mol. The molecule has 0 rings (SSSR count). The zero-order valence-corrected chi connectivity index (χ0v) is 10.6. The number of alkyl halides is 2. The summed E-state index contributed by atoms with van der Waals surface area (Å²) in [5.74, 6) is 0.176. The molecule has 0 atom stereocenters. The van der Waals surface area contributed by atoms with Crippen LogP contribution >= 0.6 is 31.9 Å². The van der Waals surface area contributed by atoms with Gasteiger partial charge < -0.3 is 9.47 Å². The Balaban J connectivity index is 0. The minimum atomic E-state index is -0.0648. The Kier molecular flexibility index (Phi) is 14.5. The number of carbonyl (C=O) groups excluding carboxylic acids is 1. The summed E-state index contributed by atoms with van der Waals surface area (Å²) in [4.78, 5) is 10.1. The van der Waals surface area contributed by atoms with Crippen molar-refractivity contribution in [1.82, 2.24) is 0 Å². The van der Waals surface area contributed by atoms with E-state index < -0.39 is 0 Å². The molecule has 0 aliphatic carbocycles. The quantitative estimate of drug-likeness (QED) is 0.588. The van der Waals surface area contributed by atoms with E-state index in [2.05, 4.69) is 41.3 Å². The minimum absolute atomic E-state index is 0.0648. The number of methoxy groups -OCH3 is 2. The molecule has 0 aromatic rings. The summed E-state index contributed by atoms with van der Waals surface area (Å²) in [7, 11) is 3.21. The van der Waals surface area contributed by atoms with Crippen molar-refractivity contribution in [2.75, 3.05) is 24.9 Å². The first kappa shape index (κ1) is 15.0. The van der Waals surface area contributed by atoms with E-state index in [0.29, 0.717) is 10.7 Å². The highest BCUT2D eigenvalue weighted by molar-refractivity contribution is 9.10. The van der Waals surface area contributed by atoms with Crippen LogP contribution in [0.3, 0.4) is 0 Å². The molecular formula is C7H14Br2O3. The van der Waals surface area contributed by atoms with E-state index in [4.69, 9.17) is 0 Å². The minimum Gasteiger partial charge on any atom is -0.356 e. The molecule has 0 spiro atoms. The lowest BCUT2D eigenvalue weighted by molar-refractivity contribution is -0.114. The Morgan fingerprint density at radius 3 is 1.58 bits per heavy atom. The van der Waals surface area contributed by atoms with E-state index in [0.717, 1.165) is 0 Å². The fourth-order valence-corrected chi connectivity index (χ4v) is 1.06. The van der Waals surface area contributed by atoms with Gasteiger partial charge in [-0.25, -0.2) is 0 Å². The summed E-state index contributed by atoms with van der Waals surface area (Å²) < 4.78 is 9.35. The molecule has 5 heteroatoms. The van der Waals surface area contributed by atoms with Crippen molar-refractivity contribution >= 4 is 37.6 Å². The average Bonchev–Trinajstić information content (AvgIpc) is 2.16. The third-order valence-electron chi connectivity index (χ3n) is 0.962. The van der Waals surface area contributed by atoms with E-state index in [9.17, 15) is 4.79 Å². The van der Waals surface area contributed by atoms with Crippen LogP contribution in [-0.4, -0.2) is 37.0 Å². The molecule has 0 aliphatic rings. The van der Waals surface area contributed by atoms with Gasteiger partial charge in [-0.05, 0) is 6.92 Å². The molecule has 0 unspecified atom stereocenters. The number of ketones is 1. The molecule has 0 N–H and O–H groups in total. The van der Waals surface area contributed by atoms with Crippen LogP contribution in [0, 0.1) is 0 Å². The molecule has 0 saturated heterocycles. The van der Waals surface area contributed by atoms with Gasteiger partial charge in [-0.3, -0.25) is 4.79 Å². The van der Waals surface area contributed by atoms with Crippen LogP contribution in [0.4, 0.5) is 0 Å². The van der Waals surface area contributed by atoms with E-state index in [-0.39, 0.29) is 12.1 Å². The van der Waals surface area contributed by atoms with Crippen LogP contribution < -0.4 is 0 Å². The molecule has 0 aliphatic heterocycles. The largest absolute Gasteiger partial charge is 0.356 e. The number of hydrogen-bond donors (Lipinski definition) is 0. The second-order valence-electron chi connectivity index (χ2n) is 1.84. The second-order valence-corrected chi connectivity index (χ2v) is 2.97. The fourth-order valence-electron chi connectivity index (χ4n) is 0.132. The number of carbonyl (C=O) groups is 1. The van der Waals surface area contributed by atoms with Gasteiger partial charge in [-0.1, -0.05) is 31.9 Å². The number of rotatable bonds is 4. The maximum atomic E-state index is 10.1. The van der Waals surface area contributed by atoms with Gasteiger partial charge in [0, 0.05) is 14.2 Å². The Labute approximate surface area is 90.1 Å². The van der Waals surface area contributed by atoms with Gasteiger partial charge >= 0.3 is 0 Å². The summed E-state index contributed by atoms with van der Waals surface area (Å²) in [6.45, 7) is 1.83. The predicted molar refractivity (Wildman–Crippen MR) is 56.1 cm³/mol. The van der Waals surface area contributed by atoms with Crippen LogP contribution in [0.5, 0.6) is 0 Å². The summed E-state index contributed by atoms with van der Waals surface area (Å²) in [5, 5.41) is 0.913. The molecule has 0 aromatic carbocycles. The lowest BCUT2D eigenvalue weighted by Crippen LogP contribution is -2.05. The summed E-state index contributed by atoms with van der Waals surface area (Å²) in [6.07, 6.45) is -0.0648. The molecule has 12 heavy (non-hydrogen) atoms. The molecule has 0 radical (unpaired) electrons. The van der Waals surface area contributed by atoms with Crippen molar-refractivity contribution in [2.45, 2.75) is 13.2 Å². The predicted octanol–water partition coefficient (Wildman–Crippen LogP) is 1.97. The van der Waals surface area contributed by atoms with Crippen LogP contribution in [0.1, 0.15) is 6.92 Å². The maximum Gasteiger partial charge on any atom is 0.154 e. The highest BCUT2D eigenvalue weighted by atomic mass is 79.9. The first-order valence-electron chi connectivity index (χ1n) is 3.31. The number of hydrogen-bond acceptors (Lipinski definition) is 3. The van der Waals surface area contributed by atoms with Gasteiger partial charge in [0.2, 0.25) is 0 Å². The zero-order valence-electron chi connectivity index (χ0n) is 7.47. The molecule has 0 aromatic heterocycles. The smallest absolute Gasteiger partial charge is 0.154 e. The van der Waals surface area contributed by atoms with E-state index in [1.807, 2.05) is 6.92 Å². The summed E-state index contributed by atoms with van der Waals surface area (Å²) in [6, 6.07) is 0. The number of Topliss-reactive ketones (excluding diaryl/α,β-unsaturated/α-hetero) is 1. The molecule has 0 saturated carbocycles. The summed E-state index contributed by atoms with van der Waals surface area (Å²) >= 11 is 5.99. The lowest BCUT2D eigenvalue weighted by atomic mass is 10.5. The zero-order chi connectivity index (χ0) is 9.98. The number of ether oxygens (including phenoxy) is 2. The van der Waals surface area contributed by atoms with E-state index >= 15 is 0 Å². The third-order valence-corrected chi connectivity index (χ3v) is 2.21. The lowest BCUT2D eigenvalue weighted by Gasteiger charge is -2.03. The van der Waals surface area contributed by atoms with E-state index in [1.165, 1.54) is 0 Å². The first-order valence-corrected chi connectivity index (χ1v) is 5.55. The van der Waals surface area contributed by atoms with Crippen molar-refractivity contribution in [3.63, 3.8) is 0 Å². The van der Waals surface area contributed by atoms with Gasteiger partial charge in [0.1, 0.15) is 0 Å². The Hall–Kier alpha value is 0.550. The van der Waals surface area contributed by atoms with Crippen LogP contribution in [0.15, 0.2) is 0 Å². The standard InChI is InChI=1S/C4H10O2.C3H4Br2O/c1-4(5-2)6-3;4-1-3(6)2-5/h4H,1-3H3;1-2H2. The summed E-state index contributed by atoms with van der Waals surface area (Å²) in [5.41, 5.74) is 0. The Morgan fingerprint density at radius 1 is 1.25 bits per heavy atom. The average molecular weight is 306 g/mol. The normalized spacial score (nSPS) is 9.17. The Bertz CT molecular complexity index is 98.8. The SMILES string of the molecule is COC(C)OC.O=C(CBr)CBr. The monoisotopic (exact) mass is 304 g/mol. The molecule has 74 valence electrons. The highest BCUT2D eigenvalue weighted by Crippen LogP contribution is 1.86.